The molecule has 0 aliphatic carbocycles. The number of ether oxygens (including phenoxy) is 1. The molecule has 4 heteroatoms. The third-order valence-electron chi connectivity index (χ3n) is 1.89. The maximum Gasteiger partial charge on any atom is 0.392 e. The summed E-state index contributed by atoms with van der Waals surface area (Å²) in [5.74, 6) is 0.661. The highest BCUT2D eigenvalue weighted by Crippen LogP contribution is 2.21. The molecule has 0 atom stereocenters. The minimum atomic E-state index is -4.15. The van der Waals surface area contributed by atoms with Crippen LogP contribution in [0.15, 0.2) is 30.3 Å². The molecule has 0 amide bonds. The summed E-state index contributed by atoms with van der Waals surface area (Å²) in [6, 6.07) is 6.99. The van der Waals surface area contributed by atoms with Gasteiger partial charge in [0.05, 0.1) is 12.5 Å². The average molecular weight is 244 g/mol. The fraction of sp³-hybridized carbons (Fsp3) is 0.385. The predicted molar refractivity (Wildman–Crippen MR) is 61.9 cm³/mol. The summed E-state index contributed by atoms with van der Waals surface area (Å²) in [4.78, 5) is 0. The smallest absolute Gasteiger partial charge is 0.392 e. The summed E-state index contributed by atoms with van der Waals surface area (Å²) in [5, 5.41) is 0. The number of allylic oxidation sites excluding steroid dienone is 1. The lowest BCUT2D eigenvalue weighted by Gasteiger charge is -2.09. The zero-order valence-corrected chi connectivity index (χ0v) is 9.79. The lowest BCUT2D eigenvalue weighted by Crippen LogP contribution is -2.05. The van der Waals surface area contributed by atoms with Crippen LogP contribution in [0.25, 0.3) is 6.08 Å². The summed E-state index contributed by atoms with van der Waals surface area (Å²) in [6.07, 6.45) is -2.47. The van der Waals surface area contributed by atoms with Crippen molar-refractivity contribution in [1.82, 2.24) is 0 Å². The van der Waals surface area contributed by atoms with E-state index < -0.39 is 12.6 Å². The molecule has 17 heavy (non-hydrogen) atoms. The zero-order valence-electron chi connectivity index (χ0n) is 9.79. The second-order valence-corrected chi connectivity index (χ2v) is 3.96. The molecule has 0 unspecified atom stereocenters. The van der Waals surface area contributed by atoms with Crippen molar-refractivity contribution in [2.45, 2.75) is 32.5 Å². The maximum atomic E-state index is 11.9. The van der Waals surface area contributed by atoms with Crippen molar-refractivity contribution in [3.05, 3.63) is 35.9 Å². The van der Waals surface area contributed by atoms with Crippen LogP contribution in [0, 0.1) is 0 Å². The monoisotopic (exact) mass is 244 g/mol. The number of hydrogen-bond donors (Lipinski definition) is 0. The highest BCUT2D eigenvalue weighted by atomic mass is 19.4. The molecule has 0 aromatic heterocycles. The lowest BCUT2D eigenvalue weighted by molar-refractivity contribution is -0.124. The highest BCUT2D eigenvalue weighted by Gasteiger charge is 2.24. The molecule has 0 fully saturated rings. The molecule has 1 aromatic carbocycles. The number of rotatable bonds is 4. The molecule has 0 saturated heterocycles. The third-order valence-corrected chi connectivity index (χ3v) is 1.89. The van der Waals surface area contributed by atoms with Gasteiger partial charge in [-0.3, -0.25) is 0 Å². The predicted octanol–water partition coefficient (Wildman–Crippen LogP) is 4.44. The van der Waals surface area contributed by atoms with Gasteiger partial charge in [-0.2, -0.15) is 13.2 Å². The molecular weight excluding hydrogens is 229 g/mol. The Bertz CT molecular complexity index is 380. The largest absolute Gasteiger partial charge is 0.491 e. The first-order valence-electron chi connectivity index (χ1n) is 5.37. The second-order valence-electron chi connectivity index (χ2n) is 3.96. The van der Waals surface area contributed by atoms with Gasteiger partial charge >= 0.3 is 6.18 Å². The molecule has 0 bridgehead atoms. The molecule has 0 spiro atoms. The third kappa shape index (κ3) is 6.00. The Morgan fingerprint density at radius 3 is 2.59 bits per heavy atom. The fourth-order valence-electron chi connectivity index (χ4n) is 1.29. The first kappa shape index (κ1) is 13.6. The minimum absolute atomic E-state index is 0.0457. The van der Waals surface area contributed by atoms with Gasteiger partial charge in [0.1, 0.15) is 5.75 Å². The van der Waals surface area contributed by atoms with Crippen LogP contribution in [0.4, 0.5) is 13.2 Å². The molecule has 94 valence electrons. The van der Waals surface area contributed by atoms with Crippen LogP contribution in [0.2, 0.25) is 0 Å². The molecule has 0 aliphatic rings. The van der Waals surface area contributed by atoms with E-state index in [0.29, 0.717) is 11.3 Å². The van der Waals surface area contributed by atoms with Crippen molar-refractivity contribution in [2.75, 3.05) is 0 Å². The average Bonchev–Trinajstić information content (AvgIpc) is 2.15. The van der Waals surface area contributed by atoms with Crippen LogP contribution in [-0.4, -0.2) is 12.3 Å². The van der Waals surface area contributed by atoms with Crippen LogP contribution in [-0.2, 0) is 0 Å². The summed E-state index contributed by atoms with van der Waals surface area (Å²) < 4.78 is 41.2. The van der Waals surface area contributed by atoms with E-state index in [1.165, 1.54) is 6.08 Å². The quantitative estimate of drug-likeness (QED) is 0.760. The van der Waals surface area contributed by atoms with Gasteiger partial charge in [-0.05, 0) is 31.5 Å². The summed E-state index contributed by atoms with van der Waals surface area (Å²) in [7, 11) is 0. The molecule has 0 N–H and O–H groups in total. The van der Waals surface area contributed by atoms with E-state index in [4.69, 9.17) is 4.74 Å². The van der Waals surface area contributed by atoms with Crippen molar-refractivity contribution in [1.29, 1.82) is 0 Å². The second kappa shape index (κ2) is 5.75. The topological polar surface area (TPSA) is 9.23 Å². The number of hydrogen-bond acceptors (Lipinski definition) is 1. The van der Waals surface area contributed by atoms with E-state index in [2.05, 4.69) is 0 Å². The number of alkyl halides is 3. The fourth-order valence-corrected chi connectivity index (χ4v) is 1.29. The molecular formula is C13H15F3O. The Hall–Kier alpha value is -1.45. The van der Waals surface area contributed by atoms with Gasteiger partial charge in [-0.1, -0.05) is 24.3 Å². The van der Waals surface area contributed by atoms with E-state index in [0.717, 1.165) is 6.08 Å². The Morgan fingerprint density at radius 1 is 1.29 bits per heavy atom. The van der Waals surface area contributed by atoms with Crippen molar-refractivity contribution < 1.29 is 17.9 Å². The van der Waals surface area contributed by atoms with E-state index in [1.807, 2.05) is 13.8 Å². The van der Waals surface area contributed by atoms with E-state index in [-0.39, 0.29) is 6.10 Å². The summed E-state index contributed by atoms with van der Waals surface area (Å²) >= 11 is 0. The standard InChI is InChI=1S/C13H15F3O/c1-10(2)17-12-7-3-5-11(9-12)6-4-8-13(14,15)16/h3-7,9-10H,8H2,1-2H3. The van der Waals surface area contributed by atoms with Crippen LogP contribution >= 0.6 is 0 Å². The van der Waals surface area contributed by atoms with E-state index in [9.17, 15) is 13.2 Å². The summed E-state index contributed by atoms with van der Waals surface area (Å²) in [5.41, 5.74) is 0.701. The normalized spacial score (nSPS) is 12.4. The molecule has 1 nitrogen and oxygen atoms in total. The van der Waals surface area contributed by atoms with Gasteiger partial charge in [0.2, 0.25) is 0 Å². The Morgan fingerprint density at radius 2 is 2.00 bits per heavy atom. The molecule has 0 radical (unpaired) electrons. The van der Waals surface area contributed by atoms with Gasteiger partial charge in [0.15, 0.2) is 0 Å². The van der Waals surface area contributed by atoms with Crippen LogP contribution in [0.3, 0.4) is 0 Å². The first-order valence-corrected chi connectivity index (χ1v) is 5.37. The van der Waals surface area contributed by atoms with Gasteiger partial charge in [0, 0.05) is 0 Å². The van der Waals surface area contributed by atoms with Gasteiger partial charge in [-0.15, -0.1) is 0 Å². The van der Waals surface area contributed by atoms with Crippen LogP contribution < -0.4 is 4.74 Å². The lowest BCUT2D eigenvalue weighted by atomic mass is 10.2. The number of benzene rings is 1. The van der Waals surface area contributed by atoms with Crippen LogP contribution in [0.5, 0.6) is 5.75 Å². The minimum Gasteiger partial charge on any atom is -0.491 e. The summed E-state index contributed by atoms with van der Waals surface area (Å²) in [6.45, 7) is 3.79. The van der Waals surface area contributed by atoms with Crippen molar-refractivity contribution >= 4 is 6.08 Å². The van der Waals surface area contributed by atoms with E-state index in [1.54, 1.807) is 24.3 Å². The molecule has 0 saturated carbocycles. The van der Waals surface area contributed by atoms with E-state index >= 15 is 0 Å². The Kier molecular flexibility index (Phi) is 4.61. The van der Waals surface area contributed by atoms with Crippen molar-refractivity contribution in [2.24, 2.45) is 0 Å². The Balaban J connectivity index is 2.65. The SMILES string of the molecule is CC(C)Oc1cccc(C=CCC(F)(F)F)c1. The highest BCUT2D eigenvalue weighted by molar-refractivity contribution is 5.51. The number of halogens is 3. The van der Waals surface area contributed by atoms with Crippen molar-refractivity contribution in [3.63, 3.8) is 0 Å². The molecule has 0 aliphatic heterocycles. The molecule has 1 rings (SSSR count). The van der Waals surface area contributed by atoms with Gasteiger partial charge < -0.3 is 4.74 Å². The Labute approximate surface area is 98.9 Å². The van der Waals surface area contributed by atoms with Crippen LogP contribution in [0.1, 0.15) is 25.8 Å². The maximum absolute atomic E-state index is 11.9. The zero-order chi connectivity index (χ0) is 12.9. The van der Waals surface area contributed by atoms with Gasteiger partial charge in [-0.25, -0.2) is 0 Å². The molecule has 1 aromatic rings. The molecule has 0 heterocycles. The van der Waals surface area contributed by atoms with Gasteiger partial charge in [0.25, 0.3) is 0 Å². The first-order chi connectivity index (χ1) is 7.87. The van der Waals surface area contributed by atoms with Crippen molar-refractivity contribution in [3.8, 4) is 5.75 Å².